The number of aromatic amines is 1. The van der Waals surface area contributed by atoms with E-state index in [-0.39, 0.29) is 17.2 Å². The second kappa shape index (κ2) is 7.25. The van der Waals surface area contributed by atoms with Crippen LogP contribution in [0, 0.1) is 0 Å². The van der Waals surface area contributed by atoms with E-state index in [0.717, 1.165) is 36.9 Å². The molecule has 1 amide bonds. The van der Waals surface area contributed by atoms with E-state index in [1.807, 2.05) is 19.2 Å². The van der Waals surface area contributed by atoms with Gasteiger partial charge in [0.2, 0.25) is 0 Å². The standard InChI is InChI=1S/C16H26N2O2S/c1-4-21(20)13-7-5-6-12(10-13)18-16(19)14-8-9-17-15(14)11(2)3/h8-9,11-13,17H,4-7,10H2,1-3H3,(H,18,19). The molecule has 0 aromatic carbocycles. The highest BCUT2D eigenvalue weighted by Gasteiger charge is 2.27. The summed E-state index contributed by atoms with van der Waals surface area (Å²) in [6, 6.07) is 2.00. The smallest absolute Gasteiger partial charge is 0.253 e. The number of hydrogen-bond acceptors (Lipinski definition) is 2. The molecule has 118 valence electrons. The minimum absolute atomic E-state index is 0.00659. The second-order valence-electron chi connectivity index (χ2n) is 6.09. The molecule has 0 aliphatic heterocycles. The van der Waals surface area contributed by atoms with Crippen LogP contribution in [0.1, 0.15) is 68.4 Å². The lowest BCUT2D eigenvalue weighted by Crippen LogP contribution is -2.41. The van der Waals surface area contributed by atoms with Crippen molar-refractivity contribution >= 4 is 16.7 Å². The first-order valence-corrected chi connectivity index (χ1v) is 9.26. The topological polar surface area (TPSA) is 62.0 Å². The molecule has 0 spiro atoms. The molecule has 5 heteroatoms. The van der Waals surface area contributed by atoms with E-state index in [1.54, 1.807) is 0 Å². The van der Waals surface area contributed by atoms with Gasteiger partial charge in [-0.1, -0.05) is 27.2 Å². The number of nitrogens with one attached hydrogen (secondary N) is 2. The second-order valence-corrected chi connectivity index (χ2v) is 8.09. The van der Waals surface area contributed by atoms with Gasteiger partial charge >= 0.3 is 0 Å². The summed E-state index contributed by atoms with van der Waals surface area (Å²) in [7, 11) is -0.755. The van der Waals surface area contributed by atoms with E-state index in [0.29, 0.717) is 11.7 Å². The summed E-state index contributed by atoms with van der Waals surface area (Å²) in [4.78, 5) is 15.6. The van der Waals surface area contributed by atoms with E-state index in [1.165, 1.54) is 0 Å². The van der Waals surface area contributed by atoms with Crippen LogP contribution in [0.4, 0.5) is 0 Å². The molecule has 3 atom stereocenters. The Morgan fingerprint density at radius 3 is 2.90 bits per heavy atom. The highest BCUT2D eigenvalue weighted by Crippen LogP contribution is 2.24. The van der Waals surface area contributed by atoms with Gasteiger partial charge in [0.1, 0.15) is 0 Å². The summed E-state index contributed by atoms with van der Waals surface area (Å²) in [5.41, 5.74) is 1.72. The Morgan fingerprint density at radius 2 is 2.24 bits per heavy atom. The van der Waals surface area contributed by atoms with Gasteiger partial charge in [-0.25, -0.2) is 0 Å². The van der Waals surface area contributed by atoms with Crippen molar-refractivity contribution in [1.29, 1.82) is 0 Å². The number of hydrogen-bond donors (Lipinski definition) is 2. The number of amides is 1. The Hall–Kier alpha value is -1.10. The van der Waals surface area contributed by atoms with Crippen LogP contribution in [0.5, 0.6) is 0 Å². The first-order chi connectivity index (χ1) is 10.0. The molecule has 1 aromatic heterocycles. The quantitative estimate of drug-likeness (QED) is 0.878. The Morgan fingerprint density at radius 1 is 1.48 bits per heavy atom. The largest absolute Gasteiger partial charge is 0.364 e. The van der Waals surface area contributed by atoms with Crippen molar-refractivity contribution in [1.82, 2.24) is 10.3 Å². The fourth-order valence-corrected chi connectivity index (χ4v) is 4.42. The Kier molecular flexibility index (Phi) is 5.62. The summed E-state index contributed by atoms with van der Waals surface area (Å²) < 4.78 is 12.0. The SMILES string of the molecule is CCS(=O)C1CCCC(NC(=O)c2cc[nH]c2C(C)C)C1. The lowest BCUT2D eigenvalue weighted by Gasteiger charge is -2.29. The van der Waals surface area contributed by atoms with Gasteiger partial charge in [0.25, 0.3) is 5.91 Å². The van der Waals surface area contributed by atoms with E-state index in [4.69, 9.17) is 0 Å². The number of carbonyl (C=O) groups is 1. The molecule has 0 saturated heterocycles. The Labute approximate surface area is 129 Å². The zero-order valence-electron chi connectivity index (χ0n) is 13.1. The molecule has 1 heterocycles. The summed E-state index contributed by atoms with van der Waals surface area (Å²) in [6.07, 6.45) is 5.72. The minimum atomic E-state index is -0.755. The molecular formula is C16H26N2O2S. The van der Waals surface area contributed by atoms with Gasteiger partial charge in [-0.15, -0.1) is 0 Å². The average molecular weight is 310 g/mol. The van der Waals surface area contributed by atoms with Crippen LogP contribution in [0.2, 0.25) is 0 Å². The molecule has 0 bridgehead atoms. The molecule has 1 saturated carbocycles. The molecule has 3 unspecified atom stereocenters. The maximum absolute atomic E-state index is 12.4. The molecule has 1 aliphatic carbocycles. The van der Waals surface area contributed by atoms with Gasteiger partial charge in [0, 0.05) is 39.7 Å². The van der Waals surface area contributed by atoms with Crippen LogP contribution >= 0.6 is 0 Å². The average Bonchev–Trinajstić information content (AvgIpc) is 2.96. The van der Waals surface area contributed by atoms with Crippen LogP contribution in [-0.2, 0) is 10.8 Å². The number of aromatic nitrogens is 1. The number of rotatable bonds is 5. The van der Waals surface area contributed by atoms with Crippen LogP contribution in [0.15, 0.2) is 12.3 Å². The maximum atomic E-state index is 12.4. The van der Waals surface area contributed by atoms with Gasteiger partial charge in [-0.2, -0.15) is 0 Å². The van der Waals surface area contributed by atoms with Gasteiger partial charge < -0.3 is 10.3 Å². The van der Waals surface area contributed by atoms with Crippen molar-refractivity contribution in [2.24, 2.45) is 0 Å². The molecular weight excluding hydrogens is 284 g/mol. The lowest BCUT2D eigenvalue weighted by atomic mass is 9.94. The van der Waals surface area contributed by atoms with Crippen LogP contribution in [0.3, 0.4) is 0 Å². The van der Waals surface area contributed by atoms with E-state index in [9.17, 15) is 9.00 Å². The third-order valence-corrected chi connectivity index (χ3v) is 5.96. The van der Waals surface area contributed by atoms with Gasteiger partial charge in [-0.3, -0.25) is 9.00 Å². The number of H-pyrrole nitrogens is 1. The maximum Gasteiger partial charge on any atom is 0.253 e. The molecule has 4 nitrogen and oxygen atoms in total. The summed E-state index contributed by atoms with van der Waals surface area (Å²) in [5.74, 6) is 1.00. The highest BCUT2D eigenvalue weighted by atomic mass is 32.2. The molecule has 2 rings (SSSR count). The monoisotopic (exact) mass is 310 g/mol. The van der Waals surface area contributed by atoms with E-state index < -0.39 is 10.8 Å². The van der Waals surface area contributed by atoms with Crippen molar-refractivity contribution in [2.75, 3.05) is 5.75 Å². The van der Waals surface area contributed by atoms with Gasteiger partial charge in [-0.05, 0) is 31.2 Å². The van der Waals surface area contributed by atoms with E-state index >= 15 is 0 Å². The van der Waals surface area contributed by atoms with Crippen molar-refractivity contribution in [3.8, 4) is 0 Å². The molecule has 2 N–H and O–H groups in total. The zero-order chi connectivity index (χ0) is 15.4. The van der Waals surface area contributed by atoms with Crippen molar-refractivity contribution < 1.29 is 9.00 Å². The fourth-order valence-electron chi connectivity index (χ4n) is 3.07. The van der Waals surface area contributed by atoms with Gasteiger partial charge in [0.05, 0.1) is 5.56 Å². The molecule has 21 heavy (non-hydrogen) atoms. The van der Waals surface area contributed by atoms with Crippen molar-refractivity contribution in [3.05, 3.63) is 23.5 Å². The highest BCUT2D eigenvalue weighted by molar-refractivity contribution is 7.85. The predicted octanol–water partition coefficient (Wildman–Crippen LogP) is 2.95. The third-order valence-electron chi connectivity index (χ3n) is 4.22. The molecule has 1 fully saturated rings. The summed E-state index contributed by atoms with van der Waals surface area (Å²) in [6.45, 7) is 6.11. The zero-order valence-corrected chi connectivity index (χ0v) is 14.0. The lowest BCUT2D eigenvalue weighted by molar-refractivity contribution is 0.0927. The van der Waals surface area contributed by atoms with E-state index in [2.05, 4.69) is 24.1 Å². The van der Waals surface area contributed by atoms with Crippen LogP contribution in [0.25, 0.3) is 0 Å². The Balaban J connectivity index is 1.99. The van der Waals surface area contributed by atoms with Crippen molar-refractivity contribution in [3.63, 3.8) is 0 Å². The normalized spacial score (nSPS) is 24.0. The predicted molar refractivity (Wildman–Crippen MR) is 87.1 cm³/mol. The molecule has 1 aliphatic rings. The first kappa shape index (κ1) is 16.3. The summed E-state index contributed by atoms with van der Waals surface area (Å²) >= 11 is 0. The third kappa shape index (κ3) is 3.96. The summed E-state index contributed by atoms with van der Waals surface area (Å²) in [5, 5.41) is 3.37. The first-order valence-electron chi connectivity index (χ1n) is 7.88. The Bertz CT molecular complexity index is 510. The van der Waals surface area contributed by atoms with Crippen LogP contribution in [-0.4, -0.2) is 32.1 Å². The van der Waals surface area contributed by atoms with Gasteiger partial charge in [0.15, 0.2) is 0 Å². The van der Waals surface area contributed by atoms with Crippen molar-refractivity contribution in [2.45, 2.75) is 63.7 Å². The number of carbonyl (C=O) groups excluding carboxylic acids is 1. The van der Waals surface area contributed by atoms with Crippen LogP contribution < -0.4 is 5.32 Å². The minimum Gasteiger partial charge on any atom is -0.364 e. The molecule has 0 radical (unpaired) electrons. The molecule has 1 aromatic rings. The fraction of sp³-hybridized carbons (Fsp3) is 0.688.